The van der Waals surface area contributed by atoms with Crippen molar-refractivity contribution in [2.75, 3.05) is 37.7 Å². The Hall–Kier alpha value is -3.59. The lowest BCUT2D eigenvalue weighted by atomic mass is 9.92. The highest BCUT2D eigenvalue weighted by Crippen LogP contribution is 2.35. The zero-order chi connectivity index (χ0) is 23.2. The van der Waals surface area contributed by atoms with Gasteiger partial charge in [0.05, 0.1) is 17.7 Å². The second-order valence-corrected chi connectivity index (χ2v) is 8.92. The number of fused-ring (bicyclic) bond motifs is 1. The number of anilines is 1. The summed E-state index contributed by atoms with van der Waals surface area (Å²) in [6.07, 6.45) is -0.178. The standard InChI is InChI=1S/C25H24FN3O5/c26-20-4-1-16-2-6-23(30)29-13-15(9-19(20)24(16)29)11-27-12-18-14-28(25(31)34-18)17-3-5-21-22(10-17)33-8-7-32-21/h1-6,10,15,18,27H,7-9,11-14H2/t15?,18-/m1/s1. The van der Waals surface area contributed by atoms with Crippen LogP contribution in [0.3, 0.4) is 0 Å². The number of nitrogens with one attached hydrogen (secondary N) is 1. The van der Waals surface area contributed by atoms with Gasteiger partial charge >= 0.3 is 6.09 Å². The summed E-state index contributed by atoms with van der Waals surface area (Å²) < 4.78 is 32.9. The molecule has 1 aromatic heterocycles. The van der Waals surface area contributed by atoms with Gasteiger partial charge < -0.3 is 24.1 Å². The first kappa shape index (κ1) is 21.0. The average molecular weight is 465 g/mol. The van der Waals surface area contributed by atoms with E-state index in [1.54, 1.807) is 33.7 Å². The van der Waals surface area contributed by atoms with Crippen molar-refractivity contribution in [1.29, 1.82) is 0 Å². The van der Waals surface area contributed by atoms with Crippen LogP contribution < -0.4 is 25.2 Å². The van der Waals surface area contributed by atoms with Gasteiger partial charge in [-0.1, -0.05) is 0 Å². The maximum Gasteiger partial charge on any atom is 0.414 e. The van der Waals surface area contributed by atoms with Crippen molar-refractivity contribution < 1.29 is 23.4 Å². The third kappa shape index (κ3) is 3.66. The highest BCUT2D eigenvalue weighted by atomic mass is 19.1. The molecule has 1 N–H and O–H groups in total. The van der Waals surface area contributed by atoms with Crippen molar-refractivity contribution in [3.63, 3.8) is 0 Å². The maximum atomic E-state index is 14.5. The van der Waals surface area contributed by atoms with Crippen molar-refractivity contribution in [3.05, 3.63) is 64.2 Å². The van der Waals surface area contributed by atoms with Crippen LogP contribution in [0, 0.1) is 11.7 Å². The molecule has 0 saturated carbocycles. The molecule has 0 spiro atoms. The lowest BCUT2D eigenvalue weighted by molar-refractivity contribution is 0.139. The molecule has 3 aromatic rings. The molecule has 176 valence electrons. The molecule has 0 radical (unpaired) electrons. The number of hydrogen-bond acceptors (Lipinski definition) is 6. The van der Waals surface area contributed by atoms with Crippen LogP contribution in [-0.4, -0.2) is 49.6 Å². The number of pyridine rings is 1. The highest BCUT2D eigenvalue weighted by Gasteiger charge is 2.33. The minimum absolute atomic E-state index is 0.0544. The van der Waals surface area contributed by atoms with Gasteiger partial charge in [0, 0.05) is 37.3 Å². The normalized spacial score (nSPS) is 21.1. The van der Waals surface area contributed by atoms with Crippen LogP contribution in [0.4, 0.5) is 14.9 Å². The third-order valence-corrected chi connectivity index (χ3v) is 6.65. The zero-order valence-corrected chi connectivity index (χ0v) is 18.5. The number of rotatable bonds is 5. The first-order valence-electron chi connectivity index (χ1n) is 11.5. The minimum Gasteiger partial charge on any atom is -0.486 e. The Bertz CT molecular complexity index is 1340. The second-order valence-electron chi connectivity index (χ2n) is 8.92. The van der Waals surface area contributed by atoms with Crippen molar-refractivity contribution in [3.8, 4) is 11.5 Å². The Labute approximate surface area is 194 Å². The predicted octanol–water partition coefficient (Wildman–Crippen LogP) is 2.70. The quantitative estimate of drug-likeness (QED) is 0.624. The summed E-state index contributed by atoms with van der Waals surface area (Å²) >= 11 is 0. The average Bonchev–Trinajstić information content (AvgIpc) is 3.23. The fourth-order valence-electron chi connectivity index (χ4n) is 5.05. The summed E-state index contributed by atoms with van der Waals surface area (Å²) in [7, 11) is 0. The number of benzene rings is 2. The SMILES string of the molecule is O=C1O[C@H](CNCC2Cc3c(F)ccc4ccc(=O)n(c34)C2)CN1c1ccc2c(c1)OCCO2. The van der Waals surface area contributed by atoms with E-state index in [2.05, 4.69) is 5.32 Å². The molecule has 3 aliphatic heterocycles. The van der Waals surface area contributed by atoms with E-state index >= 15 is 0 Å². The fourth-order valence-corrected chi connectivity index (χ4v) is 5.05. The van der Waals surface area contributed by atoms with E-state index in [-0.39, 0.29) is 23.4 Å². The maximum absolute atomic E-state index is 14.5. The van der Waals surface area contributed by atoms with E-state index in [0.29, 0.717) is 74.1 Å². The van der Waals surface area contributed by atoms with Crippen molar-refractivity contribution in [2.45, 2.75) is 19.1 Å². The molecule has 1 saturated heterocycles. The lowest BCUT2D eigenvalue weighted by Crippen LogP contribution is -2.38. The van der Waals surface area contributed by atoms with Crippen LogP contribution in [0.25, 0.3) is 10.9 Å². The van der Waals surface area contributed by atoms with Crippen LogP contribution >= 0.6 is 0 Å². The number of ether oxygens (including phenoxy) is 3. The van der Waals surface area contributed by atoms with Gasteiger partial charge in [-0.3, -0.25) is 9.69 Å². The van der Waals surface area contributed by atoms with Crippen LogP contribution in [0.5, 0.6) is 11.5 Å². The molecule has 2 atom stereocenters. The lowest BCUT2D eigenvalue weighted by Gasteiger charge is -2.27. The predicted molar refractivity (Wildman–Crippen MR) is 123 cm³/mol. The molecule has 1 fully saturated rings. The molecule has 3 aliphatic rings. The van der Waals surface area contributed by atoms with Crippen molar-refractivity contribution in [2.24, 2.45) is 5.92 Å². The summed E-state index contributed by atoms with van der Waals surface area (Å²) in [5.74, 6) is 1.06. The molecule has 6 rings (SSSR count). The van der Waals surface area contributed by atoms with E-state index in [1.807, 2.05) is 6.07 Å². The summed E-state index contributed by atoms with van der Waals surface area (Å²) in [5, 5.41) is 4.23. The van der Waals surface area contributed by atoms with E-state index in [1.165, 1.54) is 12.1 Å². The Balaban J connectivity index is 1.09. The van der Waals surface area contributed by atoms with Gasteiger partial charge in [-0.25, -0.2) is 9.18 Å². The van der Waals surface area contributed by atoms with Crippen LogP contribution in [0.1, 0.15) is 5.56 Å². The second kappa shape index (κ2) is 8.32. The molecule has 2 aromatic carbocycles. The zero-order valence-electron chi connectivity index (χ0n) is 18.5. The van der Waals surface area contributed by atoms with Crippen LogP contribution in [0.2, 0.25) is 0 Å². The Morgan fingerprint density at radius 3 is 2.68 bits per heavy atom. The smallest absolute Gasteiger partial charge is 0.414 e. The summed E-state index contributed by atoms with van der Waals surface area (Å²) in [6.45, 7) is 2.96. The number of aromatic nitrogens is 1. The number of nitrogens with zero attached hydrogens (tertiary/aromatic N) is 2. The third-order valence-electron chi connectivity index (χ3n) is 6.65. The molecule has 0 aliphatic carbocycles. The van der Waals surface area contributed by atoms with Gasteiger partial charge in [-0.15, -0.1) is 0 Å². The Morgan fingerprint density at radius 1 is 0.971 bits per heavy atom. The molecule has 1 unspecified atom stereocenters. The van der Waals surface area contributed by atoms with Crippen LogP contribution in [0.15, 0.2) is 47.3 Å². The number of carbonyl (C=O) groups is 1. The summed E-state index contributed by atoms with van der Waals surface area (Å²) in [5.41, 5.74) is 1.86. The van der Waals surface area contributed by atoms with Crippen molar-refractivity contribution >= 4 is 22.7 Å². The van der Waals surface area contributed by atoms with Crippen LogP contribution in [-0.2, 0) is 17.7 Å². The number of halogens is 1. The topological polar surface area (TPSA) is 82.0 Å². The molecule has 9 heteroatoms. The Morgan fingerprint density at radius 2 is 1.79 bits per heavy atom. The van der Waals surface area contributed by atoms with Crippen molar-refractivity contribution in [1.82, 2.24) is 9.88 Å². The molecule has 1 amide bonds. The van der Waals surface area contributed by atoms with E-state index in [4.69, 9.17) is 14.2 Å². The monoisotopic (exact) mass is 465 g/mol. The minimum atomic E-state index is -0.407. The van der Waals surface area contributed by atoms with E-state index < -0.39 is 6.09 Å². The Kier molecular flexibility index (Phi) is 5.13. The fraction of sp³-hybridized carbons (Fsp3) is 0.360. The highest BCUT2D eigenvalue weighted by molar-refractivity contribution is 5.90. The number of hydrogen-bond donors (Lipinski definition) is 1. The van der Waals surface area contributed by atoms with Gasteiger partial charge in [-0.2, -0.15) is 0 Å². The first-order chi connectivity index (χ1) is 16.6. The van der Waals surface area contributed by atoms with E-state index in [9.17, 15) is 14.0 Å². The number of cyclic esters (lactones) is 1. The van der Waals surface area contributed by atoms with Gasteiger partial charge in [-0.05, 0) is 48.1 Å². The molecule has 4 heterocycles. The molecular formula is C25H24FN3O5. The van der Waals surface area contributed by atoms with Gasteiger partial charge in [0.25, 0.3) is 5.56 Å². The largest absolute Gasteiger partial charge is 0.486 e. The molecular weight excluding hydrogens is 441 g/mol. The molecule has 34 heavy (non-hydrogen) atoms. The number of carbonyl (C=O) groups excluding carboxylic acids is 1. The summed E-state index contributed by atoms with van der Waals surface area (Å²) in [6, 6.07) is 11.9. The first-order valence-corrected chi connectivity index (χ1v) is 11.5. The van der Waals surface area contributed by atoms with Gasteiger partial charge in [0.15, 0.2) is 11.5 Å². The number of amides is 1. The molecule has 8 nitrogen and oxygen atoms in total. The molecule has 0 bridgehead atoms. The summed E-state index contributed by atoms with van der Waals surface area (Å²) in [4.78, 5) is 26.5. The van der Waals surface area contributed by atoms with E-state index in [0.717, 1.165) is 5.39 Å². The van der Waals surface area contributed by atoms with Gasteiger partial charge in [0.2, 0.25) is 0 Å². The van der Waals surface area contributed by atoms with Gasteiger partial charge in [0.1, 0.15) is 25.1 Å².